The molecule has 4 rings (SSSR count). The number of amides is 1. The number of carbonyl (C=O) groups is 1. The molecule has 3 aliphatic heterocycles. The van der Waals surface area contributed by atoms with E-state index in [0.29, 0.717) is 11.8 Å². The van der Waals surface area contributed by atoms with E-state index in [1.165, 1.54) is 5.56 Å². The second-order valence-corrected chi connectivity index (χ2v) is 4.13. The van der Waals surface area contributed by atoms with Crippen LogP contribution < -0.4 is 4.90 Å². The van der Waals surface area contributed by atoms with Crippen molar-refractivity contribution in [3.63, 3.8) is 0 Å². The lowest BCUT2D eigenvalue weighted by Crippen LogP contribution is -2.32. The van der Waals surface area contributed by atoms with E-state index < -0.39 is 0 Å². The fourth-order valence-electron chi connectivity index (χ4n) is 2.63. The van der Waals surface area contributed by atoms with Crippen molar-refractivity contribution in [3.05, 3.63) is 29.8 Å². The zero-order valence-electron chi connectivity index (χ0n) is 8.07. The fourth-order valence-corrected chi connectivity index (χ4v) is 2.63. The topological polar surface area (TPSA) is 20.3 Å². The average Bonchev–Trinajstić information content (AvgIpc) is 2.49. The number of hydrogen-bond acceptors (Lipinski definition) is 1. The first-order chi connectivity index (χ1) is 6.86. The second kappa shape index (κ2) is 2.84. The second-order valence-electron chi connectivity index (χ2n) is 4.13. The largest absolute Gasteiger partial charge is 0.312 e. The molecule has 0 N–H and O–H groups in total. The van der Waals surface area contributed by atoms with Gasteiger partial charge in [0.1, 0.15) is 0 Å². The van der Waals surface area contributed by atoms with Gasteiger partial charge in [-0.15, -0.1) is 0 Å². The predicted octanol–water partition coefficient (Wildman–Crippen LogP) is 2.30. The van der Waals surface area contributed by atoms with Gasteiger partial charge in [0.25, 0.3) is 0 Å². The van der Waals surface area contributed by atoms with Gasteiger partial charge in [-0.05, 0) is 30.4 Å². The minimum atomic E-state index is 0.303. The molecule has 1 amide bonds. The molecule has 1 aromatic rings. The Morgan fingerprint density at radius 1 is 1.21 bits per heavy atom. The van der Waals surface area contributed by atoms with Crippen LogP contribution in [0.15, 0.2) is 24.3 Å². The molecule has 0 radical (unpaired) electrons. The van der Waals surface area contributed by atoms with E-state index in [9.17, 15) is 4.79 Å². The van der Waals surface area contributed by atoms with Crippen LogP contribution in [-0.2, 0) is 4.79 Å². The Bertz CT molecular complexity index is 386. The van der Waals surface area contributed by atoms with Gasteiger partial charge in [0.15, 0.2) is 0 Å². The lowest BCUT2D eigenvalue weighted by molar-refractivity contribution is -0.118. The Balaban J connectivity index is 2.19. The van der Waals surface area contributed by atoms with Crippen molar-refractivity contribution >= 4 is 11.6 Å². The summed E-state index contributed by atoms with van der Waals surface area (Å²) in [5, 5.41) is 0. The van der Waals surface area contributed by atoms with E-state index in [2.05, 4.69) is 18.2 Å². The summed E-state index contributed by atoms with van der Waals surface area (Å²) in [6, 6.07) is 8.34. The number of fused-ring (bicyclic) bond motifs is 3. The van der Waals surface area contributed by atoms with Crippen molar-refractivity contribution in [1.29, 1.82) is 0 Å². The molecular weight excluding hydrogens is 174 g/mol. The Morgan fingerprint density at radius 3 is 3.00 bits per heavy atom. The van der Waals surface area contributed by atoms with Gasteiger partial charge in [-0.3, -0.25) is 4.79 Å². The Labute approximate surface area is 83.5 Å². The van der Waals surface area contributed by atoms with Crippen molar-refractivity contribution < 1.29 is 4.79 Å². The molecule has 2 heteroatoms. The van der Waals surface area contributed by atoms with E-state index in [0.717, 1.165) is 31.5 Å². The molecule has 1 atom stereocenters. The molecule has 3 heterocycles. The molecule has 1 aromatic carbocycles. The van der Waals surface area contributed by atoms with Gasteiger partial charge in [-0.2, -0.15) is 0 Å². The molecule has 0 aliphatic carbocycles. The van der Waals surface area contributed by atoms with E-state index in [1.807, 2.05) is 11.0 Å². The number of nitrogens with zero attached hydrogens (tertiary/aromatic N) is 1. The number of rotatable bonds is 0. The van der Waals surface area contributed by atoms with Crippen LogP contribution >= 0.6 is 0 Å². The number of para-hydroxylation sites is 1. The summed E-state index contributed by atoms with van der Waals surface area (Å²) < 4.78 is 0. The maximum absolute atomic E-state index is 11.8. The monoisotopic (exact) mass is 187 g/mol. The van der Waals surface area contributed by atoms with Crippen LogP contribution in [0.3, 0.4) is 0 Å². The van der Waals surface area contributed by atoms with Gasteiger partial charge in [0, 0.05) is 18.7 Å². The SMILES string of the molecule is O=C1CCC2CCN1c1ccccc12. The summed E-state index contributed by atoms with van der Waals surface area (Å²) in [5.41, 5.74) is 2.54. The van der Waals surface area contributed by atoms with Crippen LogP contribution in [-0.4, -0.2) is 12.5 Å². The van der Waals surface area contributed by atoms with Gasteiger partial charge >= 0.3 is 0 Å². The lowest BCUT2D eigenvalue weighted by atomic mass is 9.89. The third kappa shape index (κ3) is 0.999. The average molecular weight is 187 g/mol. The van der Waals surface area contributed by atoms with Crippen LogP contribution in [0.5, 0.6) is 0 Å². The fraction of sp³-hybridized carbons (Fsp3) is 0.417. The van der Waals surface area contributed by atoms with Crippen molar-refractivity contribution in [2.75, 3.05) is 11.4 Å². The van der Waals surface area contributed by atoms with Gasteiger partial charge in [-0.25, -0.2) is 0 Å². The molecule has 2 nitrogen and oxygen atoms in total. The van der Waals surface area contributed by atoms with Gasteiger partial charge < -0.3 is 4.90 Å². The first-order valence-corrected chi connectivity index (χ1v) is 5.25. The zero-order valence-corrected chi connectivity index (χ0v) is 8.07. The number of benzene rings is 1. The molecule has 72 valence electrons. The Kier molecular flexibility index (Phi) is 1.63. The molecular formula is C12H13NO. The smallest absolute Gasteiger partial charge is 0.227 e. The zero-order chi connectivity index (χ0) is 9.54. The van der Waals surface area contributed by atoms with Gasteiger partial charge in [0.2, 0.25) is 5.91 Å². The molecule has 14 heavy (non-hydrogen) atoms. The minimum Gasteiger partial charge on any atom is -0.312 e. The molecule has 3 aliphatic rings. The van der Waals surface area contributed by atoms with E-state index in [4.69, 9.17) is 0 Å². The quantitative estimate of drug-likeness (QED) is 0.610. The van der Waals surface area contributed by atoms with E-state index in [-0.39, 0.29) is 0 Å². The maximum atomic E-state index is 11.8. The summed E-state index contributed by atoms with van der Waals surface area (Å²) in [4.78, 5) is 13.7. The summed E-state index contributed by atoms with van der Waals surface area (Å²) in [5.74, 6) is 0.923. The normalized spacial score (nSPS) is 24.7. The van der Waals surface area contributed by atoms with Crippen LogP contribution in [0.4, 0.5) is 5.69 Å². The highest BCUT2D eigenvalue weighted by atomic mass is 16.2. The van der Waals surface area contributed by atoms with E-state index >= 15 is 0 Å². The van der Waals surface area contributed by atoms with Crippen molar-refractivity contribution in [2.45, 2.75) is 25.2 Å². The molecule has 1 unspecified atom stereocenters. The Hall–Kier alpha value is -1.31. The third-order valence-electron chi connectivity index (χ3n) is 3.38. The molecule has 1 fully saturated rings. The molecule has 0 spiro atoms. The minimum absolute atomic E-state index is 0.303. The molecule has 0 saturated carbocycles. The van der Waals surface area contributed by atoms with Crippen molar-refractivity contribution in [2.24, 2.45) is 0 Å². The summed E-state index contributed by atoms with van der Waals surface area (Å²) in [7, 11) is 0. The van der Waals surface area contributed by atoms with E-state index in [1.54, 1.807) is 0 Å². The lowest BCUT2D eigenvalue weighted by Gasteiger charge is -2.29. The van der Waals surface area contributed by atoms with Crippen LogP contribution in [0.1, 0.15) is 30.7 Å². The first kappa shape index (κ1) is 8.04. The highest BCUT2D eigenvalue weighted by molar-refractivity contribution is 5.95. The number of anilines is 1. The number of carbonyl (C=O) groups excluding carboxylic acids is 1. The van der Waals surface area contributed by atoms with Crippen LogP contribution in [0.2, 0.25) is 0 Å². The van der Waals surface area contributed by atoms with Crippen LogP contribution in [0, 0.1) is 0 Å². The van der Waals surface area contributed by atoms with Gasteiger partial charge in [-0.1, -0.05) is 18.2 Å². The summed E-state index contributed by atoms with van der Waals surface area (Å²) in [6.07, 6.45) is 2.90. The van der Waals surface area contributed by atoms with Crippen molar-refractivity contribution in [3.8, 4) is 0 Å². The molecule has 2 bridgehead atoms. The highest BCUT2D eigenvalue weighted by Crippen LogP contribution is 2.40. The third-order valence-corrected chi connectivity index (χ3v) is 3.38. The maximum Gasteiger partial charge on any atom is 0.227 e. The highest BCUT2D eigenvalue weighted by Gasteiger charge is 2.32. The predicted molar refractivity (Wildman–Crippen MR) is 55.4 cm³/mol. The number of hydrogen-bond donors (Lipinski definition) is 0. The standard InChI is InChI=1S/C12H13NO/c14-12-6-5-9-7-8-13(12)11-4-2-1-3-10(9)11/h1-4,9H,5-8H2. The van der Waals surface area contributed by atoms with Crippen LogP contribution in [0.25, 0.3) is 0 Å². The summed E-state index contributed by atoms with van der Waals surface area (Å²) >= 11 is 0. The van der Waals surface area contributed by atoms with Crippen molar-refractivity contribution in [1.82, 2.24) is 0 Å². The molecule has 1 saturated heterocycles. The summed E-state index contributed by atoms with van der Waals surface area (Å²) in [6.45, 7) is 0.917. The molecule has 0 aromatic heterocycles. The first-order valence-electron chi connectivity index (χ1n) is 5.25. The Morgan fingerprint density at radius 2 is 2.07 bits per heavy atom. The van der Waals surface area contributed by atoms with Gasteiger partial charge in [0.05, 0.1) is 0 Å².